The first-order valence-corrected chi connectivity index (χ1v) is 8.39. The molecule has 0 amide bonds. The number of benzene rings is 2. The van der Waals surface area contributed by atoms with E-state index in [4.69, 9.17) is 0 Å². The topological polar surface area (TPSA) is 62.2 Å². The molecule has 0 saturated carbocycles. The van der Waals surface area contributed by atoms with Gasteiger partial charge in [0.25, 0.3) is 0 Å². The second-order valence-corrected chi connectivity index (χ2v) is 6.35. The molecule has 0 fully saturated rings. The van der Waals surface area contributed by atoms with Gasteiger partial charge in [-0.05, 0) is 54.3 Å². The fourth-order valence-electron chi connectivity index (χ4n) is 3.09. The van der Waals surface area contributed by atoms with Gasteiger partial charge in [0.2, 0.25) is 0 Å². The maximum Gasteiger partial charge on any atom is 0.305 e. The zero-order valence-electron chi connectivity index (χ0n) is 14.5. The predicted molar refractivity (Wildman–Crippen MR) is 99.5 cm³/mol. The van der Waals surface area contributed by atoms with Crippen molar-refractivity contribution in [1.29, 1.82) is 0 Å². The van der Waals surface area contributed by atoms with Gasteiger partial charge in [0.15, 0.2) is 0 Å². The maximum atomic E-state index is 11.3. The van der Waals surface area contributed by atoms with Crippen LogP contribution in [0.4, 0.5) is 0 Å². The Kier molecular flexibility index (Phi) is 5.10. The molecule has 0 aliphatic rings. The number of carboxylic acid groups (broad SMARTS) is 1. The van der Waals surface area contributed by atoms with Crippen LogP contribution >= 0.6 is 0 Å². The smallest absolute Gasteiger partial charge is 0.305 e. The first-order chi connectivity index (χ1) is 12.0. The van der Waals surface area contributed by atoms with E-state index in [1.807, 2.05) is 56.3 Å². The number of hydrogen-bond acceptors (Lipinski definition) is 3. The lowest BCUT2D eigenvalue weighted by atomic mass is 9.95. The molecule has 3 rings (SSSR count). The van der Waals surface area contributed by atoms with Gasteiger partial charge in [-0.3, -0.25) is 9.78 Å². The lowest BCUT2D eigenvalue weighted by Gasteiger charge is -2.21. The molecule has 0 bridgehead atoms. The third kappa shape index (κ3) is 4.03. The summed E-state index contributed by atoms with van der Waals surface area (Å²) in [6, 6.07) is 15.9. The molecule has 0 saturated heterocycles. The van der Waals surface area contributed by atoms with Crippen LogP contribution in [0.5, 0.6) is 0 Å². The average molecular weight is 334 g/mol. The van der Waals surface area contributed by atoms with E-state index in [1.54, 1.807) is 6.20 Å². The molecule has 25 heavy (non-hydrogen) atoms. The molecule has 0 spiro atoms. The molecule has 0 radical (unpaired) electrons. The summed E-state index contributed by atoms with van der Waals surface area (Å²) < 4.78 is 0. The summed E-state index contributed by atoms with van der Waals surface area (Å²) >= 11 is 0. The summed E-state index contributed by atoms with van der Waals surface area (Å²) in [4.78, 5) is 15.6. The molecular weight excluding hydrogens is 312 g/mol. The number of aliphatic carboxylic acids is 1. The summed E-state index contributed by atoms with van der Waals surface area (Å²) in [7, 11) is 0. The first kappa shape index (κ1) is 17.1. The van der Waals surface area contributed by atoms with Crippen molar-refractivity contribution in [3.63, 3.8) is 0 Å². The SMILES string of the molecule is Cc1cccc([C@@H](CC(=O)O)NCc2ccc3ncccc3c2)c1C. The number of hydrogen-bond donors (Lipinski definition) is 2. The highest BCUT2D eigenvalue weighted by Crippen LogP contribution is 2.24. The Labute approximate surface area is 147 Å². The number of nitrogens with one attached hydrogen (secondary N) is 1. The molecule has 1 heterocycles. The molecule has 1 aromatic heterocycles. The van der Waals surface area contributed by atoms with Crippen molar-refractivity contribution in [2.24, 2.45) is 0 Å². The zero-order valence-corrected chi connectivity index (χ0v) is 14.5. The fraction of sp³-hybridized carbons (Fsp3) is 0.238. The Balaban J connectivity index is 1.82. The minimum absolute atomic E-state index is 0.0550. The second-order valence-electron chi connectivity index (χ2n) is 6.35. The first-order valence-electron chi connectivity index (χ1n) is 8.39. The highest BCUT2D eigenvalue weighted by Gasteiger charge is 2.17. The summed E-state index contributed by atoms with van der Waals surface area (Å²) in [5.74, 6) is -0.805. The van der Waals surface area contributed by atoms with Gasteiger partial charge in [0, 0.05) is 24.2 Å². The van der Waals surface area contributed by atoms with E-state index in [2.05, 4.69) is 16.4 Å². The van der Waals surface area contributed by atoms with Crippen molar-refractivity contribution in [2.75, 3.05) is 0 Å². The number of carbonyl (C=O) groups is 1. The summed E-state index contributed by atoms with van der Waals surface area (Å²) in [6.45, 7) is 4.70. The molecule has 2 aromatic carbocycles. The summed E-state index contributed by atoms with van der Waals surface area (Å²) in [6.07, 6.45) is 1.84. The van der Waals surface area contributed by atoms with E-state index >= 15 is 0 Å². The molecular formula is C21H22N2O2. The van der Waals surface area contributed by atoms with Crippen LogP contribution in [0.25, 0.3) is 10.9 Å². The lowest BCUT2D eigenvalue weighted by Crippen LogP contribution is -2.24. The van der Waals surface area contributed by atoms with Crippen molar-refractivity contribution in [3.8, 4) is 0 Å². The number of rotatable bonds is 6. The van der Waals surface area contributed by atoms with Crippen molar-refractivity contribution < 1.29 is 9.90 Å². The quantitative estimate of drug-likeness (QED) is 0.710. The summed E-state index contributed by atoms with van der Waals surface area (Å²) in [5.41, 5.74) is 5.43. The normalized spacial score (nSPS) is 12.2. The van der Waals surface area contributed by atoms with Crippen LogP contribution in [-0.2, 0) is 11.3 Å². The van der Waals surface area contributed by atoms with Gasteiger partial charge < -0.3 is 10.4 Å². The maximum absolute atomic E-state index is 11.3. The molecule has 0 aliphatic carbocycles. The van der Waals surface area contributed by atoms with Crippen molar-refractivity contribution in [2.45, 2.75) is 32.9 Å². The molecule has 0 aliphatic heterocycles. The van der Waals surface area contributed by atoms with Gasteiger partial charge >= 0.3 is 5.97 Å². The Morgan fingerprint density at radius 1 is 1.16 bits per heavy atom. The third-order valence-corrected chi connectivity index (χ3v) is 4.62. The van der Waals surface area contributed by atoms with Gasteiger partial charge in [-0.1, -0.05) is 30.3 Å². The van der Waals surface area contributed by atoms with Crippen molar-refractivity contribution >= 4 is 16.9 Å². The molecule has 1 atom stereocenters. The van der Waals surface area contributed by atoms with Gasteiger partial charge in [0.1, 0.15) is 0 Å². The molecule has 2 N–H and O–H groups in total. The van der Waals surface area contributed by atoms with E-state index in [0.29, 0.717) is 6.54 Å². The van der Waals surface area contributed by atoms with Gasteiger partial charge in [0.05, 0.1) is 11.9 Å². The monoisotopic (exact) mass is 334 g/mol. The lowest BCUT2D eigenvalue weighted by molar-refractivity contribution is -0.137. The Morgan fingerprint density at radius 3 is 2.80 bits per heavy atom. The number of fused-ring (bicyclic) bond motifs is 1. The van der Waals surface area contributed by atoms with E-state index in [1.165, 1.54) is 5.56 Å². The largest absolute Gasteiger partial charge is 0.481 e. The summed E-state index contributed by atoms with van der Waals surface area (Å²) in [5, 5.41) is 13.8. The second kappa shape index (κ2) is 7.45. The fourth-order valence-corrected chi connectivity index (χ4v) is 3.09. The number of nitrogens with zero attached hydrogens (tertiary/aromatic N) is 1. The van der Waals surface area contributed by atoms with Gasteiger partial charge in [-0.25, -0.2) is 0 Å². The van der Waals surface area contributed by atoms with E-state index in [-0.39, 0.29) is 12.5 Å². The van der Waals surface area contributed by atoms with Gasteiger partial charge in [-0.2, -0.15) is 0 Å². The molecule has 4 nitrogen and oxygen atoms in total. The van der Waals surface area contributed by atoms with Crippen LogP contribution in [0, 0.1) is 13.8 Å². The van der Waals surface area contributed by atoms with E-state index in [0.717, 1.165) is 27.6 Å². The number of aryl methyl sites for hydroxylation is 1. The molecule has 4 heteroatoms. The minimum atomic E-state index is -0.805. The van der Waals surface area contributed by atoms with Crippen LogP contribution in [0.1, 0.15) is 34.7 Å². The number of aromatic nitrogens is 1. The van der Waals surface area contributed by atoms with Gasteiger partial charge in [-0.15, -0.1) is 0 Å². The molecule has 128 valence electrons. The van der Waals surface area contributed by atoms with Crippen molar-refractivity contribution in [1.82, 2.24) is 10.3 Å². The Hall–Kier alpha value is -2.72. The van der Waals surface area contributed by atoms with Crippen LogP contribution in [0.2, 0.25) is 0 Å². The number of pyridine rings is 1. The molecule has 0 unspecified atom stereocenters. The van der Waals surface area contributed by atoms with Crippen LogP contribution < -0.4 is 5.32 Å². The predicted octanol–water partition coefficient (Wildman–Crippen LogP) is 4.16. The standard InChI is InChI=1S/C21H22N2O2/c1-14-5-3-7-18(15(14)2)20(12-21(24)25)23-13-16-8-9-19-17(11-16)6-4-10-22-19/h3-11,20,23H,12-13H2,1-2H3,(H,24,25)/t20-/m1/s1. The highest BCUT2D eigenvalue weighted by atomic mass is 16.4. The minimum Gasteiger partial charge on any atom is -0.481 e. The molecule has 3 aromatic rings. The Bertz CT molecular complexity index is 905. The number of carboxylic acids is 1. The van der Waals surface area contributed by atoms with Crippen LogP contribution in [0.3, 0.4) is 0 Å². The average Bonchev–Trinajstić information content (AvgIpc) is 2.60. The third-order valence-electron chi connectivity index (χ3n) is 4.62. The van der Waals surface area contributed by atoms with Crippen molar-refractivity contribution in [3.05, 3.63) is 77.0 Å². The zero-order chi connectivity index (χ0) is 17.8. The van der Waals surface area contributed by atoms with Crippen LogP contribution in [0.15, 0.2) is 54.7 Å². The van der Waals surface area contributed by atoms with E-state index < -0.39 is 5.97 Å². The highest BCUT2D eigenvalue weighted by molar-refractivity contribution is 5.78. The van der Waals surface area contributed by atoms with E-state index in [9.17, 15) is 9.90 Å². The Morgan fingerprint density at radius 2 is 2.00 bits per heavy atom. The van der Waals surface area contributed by atoms with Crippen LogP contribution in [-0.4, -0.2) is 16.1 Å².